The topological polar surface area (TPSA) is 63.8 Å². The summed E-state index contributed by atoms with van der Waals surface area (Å²) < 4.78 is 0. The van der Waals surface area contributed by atoms with E-state index in [1.807, 2.05) is 38.2 Å². The average Bonchev–Trinajstić information content (AvgIpc) is 2.50. The van der Waals surface area contributed by atoms with E-state index in [0.717, 1.165) is 33.3 Å². The highest BCUT2D eigenvalue weighted by molar-refractivity contribution is 5.79. The Hall–Kier alpha value is -2.30. The Kier molecular flexibility index (Phi) is 3.64. The number of hydrogen-bond donors (Lipinski definition) is 2. The predicted octanol–water partition coefficient (Wildman–Crippen LogP) is 2.80. The van der Waals surface area contributed by atoms with Crippen molar-refractivity contribution in [3.63, 3.8) is 0 Å². The molecular weight excluding hydrogens is 260 g/mol. The Balaban J connectivity index is 2.09. The highest BCUT2D eigenvalue weighted by Crippen LogP contribution is 2.26. The van der Waals surface area contributed by atoms with E-state index in [1.54, 1.807) is 6.20 Å². The molecule has 106 valence electrons. The molecule has 0 saturated carbocycles. The first-order chi connectivity index (χ1) is 10.2. The Morgan fingerprint density at radius 2 is 1.95 bits per heavy atom. The summed E-state index contributed by atoms with van der Waals surface area (Å²) >= 11 is 0. The first-order valence-electron chi connectivity index (χ1n) is 6.93. The van der Waals surface area contributed by atoms with Crippen LogP contribution < -0.4 is 11.3 Å². The minimum absolute atomic E-state index is 0.0568. The standard InChI is InChI=1S/C17H18N4/c1-11-10-19-8-7-15(11)17(21-18)14-5-6-16-13(9-14)4-3-12(2)20-16/h3-10,17,21H,18H2,1-2H3. The van der Waals surface area contributed by atoms with Crippen LogP contribution in [0.2, 0.25) is 0 Å². The molecule has 0 saturated heterocycles. The third-order valence-corrected chi connectivity index (χ3v) is 3.73. The van der Waals surface area contributed by atoms with Crippen molar-refractivity contribution in [3.05, 3.63) is 71.2 Å². The maximum atomic E-state index is 5.79. The number of hydrogen-bond acceptors (Lipinski definition) is 4. The molecule has 4 heteroatoms. The first-order valence-corrected chi connectivity index (χ1v) is 6.93. The molecule has 1 aromatic carbocycles. The van der Waals surface area contributed by atoms with Crippen molar-refractivity contribution < 1.29 is 0 Å². The highest BCUT2D eigenvalue weighted by Gasteiger charge is 2.15. The predicted molar refractivity (Wildman–Crippen MR) is 84.6 cm³/mol. The quantitative estimate of drug-likeness (QED) is 0.571. The maximum Gasteiger partial charge on any atom is 0.0713 e. The number of fused-ring (bicyclic) bond motifs is 1. The van der Waals surface area contributed by atoms with Gasteiger partial charge in [-0.1, -0.05) is 12.1 Å². The molecule has 0 aliphatic rings. The second kappa shape index (κ2) is 5.60. The van der Waals surface area contributed by atoms with Crippen molar-refractivity contribution in [1.82, 2.24) is 15.4 Å². The van der Waals surface area contributed by atoms with Crippen molar-refractivity contribution >= 4 is 10.9 Å². The Bertz CT molecular complexity index is 783. The molecule has 1 atom stereocenters. The average molecular weight is 278 g/mol. The molecule has 0 spiro atoms. The zero-order chi connectivity index (χ0) is 14.8. The van der Waals surface area contributed by atoms with Crippen LogP contribution in [0.4, 0.5) is 0 Å². The summed E-state index contributed by atoms with van der Waals surface area (Å²) in [7, 11) is 0. The zero-order valence-electron chi connectivity index (χ0n) is 12.2. The lowest BCUT2D eigenvalue weighted by molar-refractivity contribution is 0.633. The zero-order valence-corrected chi connectivity index (χ0v) is 12.2. The first kappa shape index (κ1) is 13.7. The van der Waals surface area contributed by atoms with Crippen LogP contribution in [-0.4, -0.2) is 9.97 Å². The monoisotopic (exact) mass is 278 g/mol. The van der Waals surface area contributed by atoms with E-state index in [9.17, 15) is 0 Å². The Morgan fingerprint density at radius 1 is 1.10 bits per heavy atom. The van der Waals surface area contributed by atoms with Crippen molar-refractivity contribution in [3.8, 4) is 0 Å². The number of hydrazine groups is 1. The third-order valence-electron chi connectivity index (χ3n) is 3.73. The summed E-state index contributed by atoms with van der Waals surface area (Å²) in [4.78, 5) is 8.67. The summed E-state index contributed by atoms with van der Waals surface area (Å²) in [5, 5.41) is 1.12. The molecule has 0 aliphatic heterocycles. The van der Waals surface area contributed by atoms with E-state index in [-0.39, 0.29) is 6.04 Å². The molecule has 2 aromatic heterocycles. The van der Waals surface area contributed by atoms with E-state index in [2.05, 4.69) is 33.6 Å². The largest absolute Gasteiger partial charge is 0.271 e. The number of rotatable bonds is 3. The molecule has 2 heterocycles. The van der Waals surface area contributed by atoms with Gasteiger partial charge in [0.05, 0.1) is 11.6 Å². The number of nitrogens with two attached hydrogens (primary N) is 1. The van der Waals surface area contributed by atoms with Crippen LogP contribution in [0.15, 0.2) is 48.8 Å². The van der Waals surface area contributed by atoms with Gasteiger partial charge in [-0.3, -0.25) is 15.8 Å². The summed E-state index contributed by atoms with van der Waals surface area (Å²) in [5.74, 6) is 5.79. The number of nitrogens with zero attached hydrogens (tertiary/aromatic N) is 2. The van der Waals surface area contributed by atoms with E-state index in [0.29, 0.717) is 0 Å². The van der Waals surface area contributed by atoms with Crippen molar-refractivity contribution in [2.75, 3.05) is 0 Å². The van der Waals surface area contributed by atoms with Crippen LogP contribution >= 0.6 is 0 Å². The van der Waals surface area contributed by atoms with Crippen LogP contribution in [-0.2, 0) is 0 Å². The second-order valence-electron chi connectivity index (χ2n) is 5.24. The van der Waals surface area contributed by atoms with Crippen molar-refractivity contribution in [2.45, 2.75) is 19.9 Å². The highest BCUT2D eigenvalue weighted by atomic mass is 15.2. The van der Waals surface area contributed by atoms with Crippen LogP contribution in [0.1, 0.15) is 28.4 Å². The SMILES string of the molecule is Cc1ccc2cc(C(NN)c3ccncc3C)ccc2n1. The fraction of sp³-hybridized carbons (Fsp3) is 0.176. The lowest BCUT2D eigenvalue weighted by Gasteiger charge is -2.19. The fourth-order valence-corrected chi connectivity index (χ4v) is 2.60. The normalized spacial score (nSPS) is 12.5. The molecule has 0 bridgehead atoms. The molecule has 4 nitrogen and oxygen atoms in total. The Morgan fingerprint density at radius 3 is 2.71 bits per heavy atom. The molecule has 0 amide bonds. The van der Waals surface area contributed by atoms with E-state index < -0.39 is 0 Å². The van der Waals surface area contributed by atoms with Crippen molar-refractivity contribution in [2.24, 2.45) is 5.84 Å². The van der Waals surface area contributed by atoms with Gasteiger partial charge in [-0.15, -0.1) is 0 Å². The lowest BCUT2D eigenvalue weighted by Crippen LogP contribution is -2.29. The number of pyridine rings is 2. The molecule has 0 radical (unpaired) electrons. The molecule has 21 heavy (non-hydrogen) atoms. The summed E-state index contributed by atoms with van der Waals surface area (Å²) in [5.41, 5.74) is 8.29. The van der Waals surface area contributed by atoms with Gasteiger partial charge in [0, 0.05) is 23.5 Å². The van der Waals surface area contributed by atoms with Gasteiger partial charge in [0.2, 0.25) is 0 Å². The molecule has 0 fully saturated rings. The number of benzene rings is 1. The van der Waals surface area contributed by atoms with Crippen LogP contribution in [0.5, 0.6) is 0 Å². The fourth-order valence-electron chi connectivity index (χ4n) is 2.60. The smallest absolute Gasteiger partial charge is 0.0713 e. The van der Waals surface area contributed by atoms with Gasteiger partial charge in [-0.2, -0.15) is 0 Å². The molecule has 3 aromatic rings. The molecule has 0 aliphatic carbocycles. The van der Waals surface area contributed by atoms with Gasteiger partial charge in [0.1, 0.15) is 0 Å². The summed E-state index contributed by atoms with van der Waals surface area (Å²) in [6.45, 7) is 4.04. The van der Waals surface area contributed by atoms with Gasteiger partial charge in [-0.05, 0) is 54.8 Å². The second-order valence-corrected chi connectivity index (χ2v) is 5.24. The van der Waals surface area contributed by atoms with Gasteiger partial charge in [0.15, 0.2) is 0 Å². The lowest BCUT2D eigenvalue weighted by atomic mass is 9.96. The molecule has 1 unspecified atom stereocenters. The number of nitrogens with one attached hydrogen (secondary N) is 1. The maximum absolute atomic E-state index is 5.79. The van der Waals surface area contributed by atoms with Crippen LogP contribution in [0.25, 0.3) is 10.9 Å². The van der Waals surface area contributed by atoms with Gasteiger partial charge < -0.3 is 0 Å². The van der Waals surface area contributed by atoms with E-state index >= 15 is 0 Å². The van der Waals surface area contributed by atoms with E-state index in [4.69, 9.17) is 5.84 Å². The van der Waals surface area contributed by atoms with Gasteiger partial charge in [-0.25, -0.2) is 5.43 Å². The van der Waals surface area contributed by atoms with Gasteiger partial charge >= 0.3 is 0 Å². The minimum atomic E-state index is -0.0568. The van der Waals surface area contributed by atoms with E-state index in [1.165, 1.54) is 0 Å². The van der Waals surface area contributed by atoms with Gasteiger partial charge in [0.25, 0.3) is 0 Å². The molecule has 3 rings (SSSR count). The van der Waals surface area contributed by atoms with Crippen LogP contribution in [0, 0.1) is 13.8 Å². The minimum Gasteiger partial charge on any atom is -0.271 e. The summed E-state index contributed by atoms with van der Waals surface area (Å²) in [6, 6.07) is 12.3. The number of aryl methyl sites for hydroxylation is 2. The molecule has 3 N–H and O–H groups in total. The Labute approximate surface area is 124 Å². The molecular formula is C17H18N4. The third kappa shape index (κ3) is 2.63. The van der Waals surface area contributed by atoms with Crippen LogP contribution in [0.3, 0.4) is 0 Å². The summed E-state index contributed by atoms with van der Waals surface area (Å²) in [6.07, 6.45) is 3.64. The number of aromatic nitrogens is 2. The van der Waals surface area contributed by atoms with Crippen molar-refractivity contribution in [1.29, 1.82) is 0 Å².